The summed E-state index contributed by atoms with van der Waals surface area (Å²) in [5, 5.41) is 0. The van der Waals surface area contributed by atoms with Gasteiger partial charge in [-0.2, -0.15) is 0 Å². The zero-order chi connectivity index (χ0) is 0. The number of halogens is 5. The average Bonchev–Trinajstić information content (AvgIpc) is 0. The van der Waals surface area contributed by atoms with E-state index >= 15 is 0 Å². The van der Waals surface area contributed by atoms with Crippen LogP contribution in [0.15, 0.2) is 0 Å². The van der Waals surface area contributed by atoms with Crippen LogP contribution < -0.4 is 62.0 Å². The van der Waals surface area contributed by atoms with Crippen molar-refractivity contribution < 1.29 is 79.1 Å². The summed E-state index contributed by atoms with van der Waals surface area (Å²) in [4.78, 5) is 0. The molecule has 0 aliphatic rings. The van der Waals surface area contributed by atoms with Crippen molar-refractivity contribution in [1.29, 1.82) is 0 Å². The van der Waals surface area contributed by atoms with E-state index in [-0.39, 0.29) is 96.5 Å². The quantitative estimate of drug-likeness (QED) is 0.379. The van der Waals surface area contributed by atoms with Crippen molar-refractivity contribution in [2.75, 3.05) is 0 Å². The molecule has 0 aliphatic heterocycles. The second-order valence-electron chi connectivity index (χ2n) is 0. The van der Waals surface area contributed by atoms with Gasteiger partial charge in [-0.25, -0.2) is 0 Å². The molecule has 0 spiro atoms. The summed E-state index contributed by atoms with van der Waals surface area (Å²) in [6.45, 7) is 0. The molecule has 7 heteroatoms. The average molecular weight is 260 g/mol. The maximum absolute atomic E-state index is 0. The van der Waals surface area contributed by atoms with Crippen LogP contribution in [-0.2, 0) is 17.1 Å². The molecule has 0 nitrogen and oxygen atoms in total. The van der Waals surface area contributed by atoms with E-state index in [1.807, 2.05) is 0 Å². The van der Waals surface area contributed by atoms with Crippen molar-refractivity contribution in [2.45, 2.75) is 0 Å². The van der Waals surface area contributed by atoms with Crippen molar-refractivity contribution in [3.8, 4) is 0 Å². The third kappa shape index (κ3) is 57.4. The minimum Gasteiger partial charge on any atom is -1.00 e. The van der Waals surface area contributed by atoms with Crippen LogP contribution in [0, 0.1) is 0 Å². The Hall–Kier alpha value is 2.50. The SMILES string of the molecule is [Al+3].[Cl-].[Cl-].[Cl-].[Cl-].[Cl-].[Fe+2]. The van der Waals surface area contributed by atoms with E-state index in [1.54, 1.807) is 0 Å². The maximum Gasteiger partial charge on any atom is 3.00 e. The Morgan fingerprint density at radius 3 is 0.429 bits per heavy atom. The summed E-state index contributed by atoms with van der Waals surface area (Å²) in [6.07, 6.45) is 0. The van der Waals surface area contributed by atoms with Crippen LogP contribution >= 0.6 is 0 Å². The monoisotopic (exact) mass is 258 g/mol. The van der Waals surface area contributed by atoms with Crippen molar-refractivity contribution >= 4 is 17.4 Å². The van der Waals surface area contributed by atoms with Gasteiger partial charge in [0.25, 0.3) is 0 Å². The van der Waals surface area contributed by atoms with Crippen molar-refractivity contribution in [1.82, 2.24) is 0 Å². The van der Waals surface area contributed by atoms with Crippen LogP contribution in [0.1, 0.15) is 0 Å². The van der Waals surface area contributed by atoms with E-state index < -0.39 is 0 Å². The van der Waals surface area contributed by atoms with Crippen LogP contribution in [0.5, 0.6) is 0 Å². The third-order valence-electron chi connectivity index (χ3n) is 0. The van der Waals surface area contributed by atoms with Crippen molar-refractivity contribution in [2.24, 2.45) is 0 Å². The van der Waals surface area contributed by atoms with Gasteiger partial charge in [-0.15, -0.1) is 0 Å². The van der Waals surface area contributed by atoms with Gasteiger partial charge in [-0.1, -0.05) is 0 Å². The molecule has 0 atom stereocenters. The van der Waals surface area contributed by atoms with Gasteiger partial charge in [-0.05, 0) is 0 Å². The van der Waals surface area contributed by atoms with Crippen LogP contribution in [0.25, 0.3) is 0 Å². The van der Waals surface area contributed by atoms with Crippen LogP contribution in [-0.4, -0.2) is 17.4 Å². The van der Waals surface area contributed by atoms with Gasteiger partial charge >= 0.3 is 34.4 Å². The topological polar surface area (TPSA) is 0 Å². The summed E-state index contributed by atoms with van der Waals surface area (Å²) in [5.41, 5.74) is 0. The van der Waals surface area contributed by atoms with Crippen LogP contribution in [0.4, 0.5) is 0 Å². The van der Waals surface area contributed by atoms with Crippen molar-refractivity contribution in [3.05, 3.63) is 0 Å². The second-order valence-corrected chi connectivity index (χ2v) is 0. The number of hydrogen-bond donors (Lipinski definition) is 0. The standard InChI is InChI=1S/Al.5ClH.Fe/h;5*1H;/q+3;;;;;;+2/p-5. The molecule has 0 aromatic rings. The first-order valence-electron chi connectivity index (χ1n) is 0. The minimum atomic E-state index is 0. The Balaban J connectivity index is 0. The van der Waals surface area contributed by atoms with E-state index in [0.29, 0.717) is 0 Å². The zero-order valence-corrected chi connectivity index (χ0v) is 8.86. The van der Waals surface area contributed by atoms with Gasteiger partial charge in [0.2, 0.25) is 0 Å². The molecular formula is AlCl5Fe. The molecular weight excluding hydrogens is 260 g/mol. The number of hydrogen-bond acceptors (Lipinski definition) is 0. The molecule has 0 rings (SSSR count). The van der Waals surface area contributed by atoms with Crippen LogP contribution in [0.3, 0.4) is 0 Å². The molecule has 0 saturated carbocycles. The van der Waals surface area contributed by atoms with E-state index in [1.165, 1.54) is 0 Å². The molecule has 0 amide bonds. The zero-order valence-electron chi connectivity index (χ0n) is 2.82. The van der Waals surface area contributed by atoms with Gasteiger partial charge in [0.1, 0.15) is 0 Å². The molecule has 7 heavy (non-hydrogen) atoms. The minimum absolute atomic E-state index is 0. The molecule has 0 bridgehead atoms. The molecule has 0 aromatic heterocycles. The molecule has 0 fully saturated rings. The summed E-state index contributed by atoms with van der Waals surface area (Å²) in [7, 11) is 0. The first-order valence-corrected chi connectivity index (χ1v) is 0. The van der Waals surface area contributed by atoms with Gasteiger partial charge < -0.3 is 62.0 Å². The first kappa shape index (κ1) is 110. The fourth-order valence-corrected chi connectivity index (χ4v) is 0. The molecule has 0 aromatic carbocycles. The molecule has 0 N–H and O–H groups in total. The summed E-state index contributed by atoms with van der Waals surface area (Å²) in [6, 6.07) is 0. The molecule has 0 unspecified atom stereocenters. The van der Waals surface area contributed by atoms with Gasteiger partial charge in [-0.3, -0.25) is 0 Å². The van der Waals surface area contributed by atoms with Gasteiger partial charge in [0.05, 0.1) is 0 Å². The first-order chi connectivity index (χ1) is 0. The van der Waals surface area contributed by atoms with E-state index in [4.69, 9.17) is 0 Å². The van der Waals surface area contributed by atoms with Gasteiger partial charge in [0, 0.05) is 0 Å². The third-order valence-corrected chi connectivity index (χ3v) is 0. The van der Waals surface area contributed by atoms with Crippen LogP contribution in [0.2, 0.25) is 0 Å². The predicted molar refractivity (Wildman–Crippen MR) is 5.75 cm³/mol. The molecule has 0 heterocycles. The Kier molecular flexibility index (Phi) is 1200. The summed E-state index contributed by atoms with van der Waals surface area (Å²) >= 11 is 0. The predicted octanol–water partition coefficient (Wildman–Crippen LogP) is -15.4. The molecule has 0 aliphatic carbocycles. The Morgan fingerprint density at radius 1 is 0.429 bits per heavy atom. The van der Waals surface area contributed by atoms with E-state index in [2.05, 4.69) is 0 Å². The fourth-order valence-electron chi connectivity index (χ4n) is 0. The molecule has 0 saturated heterocycles. The fraction of sp³-hybridized carbons (Fsp3) is 0. The van der Waals surface area contributed by atoms with E-state index in [9.17, 15) is 0 Å². The van der Waals surface area contributed by atoms with Gasteiger partial charge in [0.15, 0.2) is 0 Å². The second kappa shape index (κ2) is 76.4. The van der Waals surface area contributed by atoms with E-state index in [0.717, 1.165) is 0 Å². The Morgan fingerprint density at radius 2 is 0.429 bits per heavy atom. The normalized spacial score (nSPS) is 0. The number of rotatable bonds is 0. The smallest absolute Gasteiger partial charge is 1.00 e. The Bertz CT molecular complexity index is 8.04. The molecule has 46 valence electrons. The maximum atomic E-state index is 0. The summed E-state index contributed by atoms with van der Waals surface area (Å²) in [5.74, 6) is 0. The van der Waals surface area contributed by atoms with Crippen molar-refractivity contribution in [3.63, 3.8) is 0 Å². The Labute approximate surface area is 95.6 Å². The molecule has 0 radical (unpaired) electrons. The largest absolute Gasteiger partial charge is 3.00 e. The summed E-state index contributed by atoms with van der Waals surface area (Å²) < 4.78 is 0.